The van der Waals surface area contributed by atoms with Crippen LogP contribution in [0.25, 0.3) is 11.3 Å². The number of nitro groups is 1. The molecule has 1 aromatic carbocycles. The molecule has 0 saturated heterocycles. The standard InChI is InChI=1S/C14H13N3O3S/c1-2-16-12(8-7-11(13(15)21)14(16)18)9-3-5-10(6-4-9)17(19)20/h3-8H,2H2,1H3,(H2,15,21). The Bertz CT molecular complexity index is 766. The largest absolute Gasteiger partial charge is 0.389 e. The van der Waals surface area contributed by atoms with Crippen molar-refractivity contribution in [3.05, 3.63) is 62.4 Å². The number of aromatic nitrogens is 1. The zero-order valence-electron chi connectivity index (χ0n) is 11.3. The van der Waals surface area contributed by atoms with Gasteiger partial charge >= 0.3 is 0 Å². The summed E-state index contributed by atoms with van der Waals surface area (Å²) in [6.45, 7) is 2.28. The van der Waals surface area contributed by atoms with Crippen LogP contribution in [0, 0.1) is 10.1 Å². The average molecular weight is 303 g/mol. The van der Waals surface area contributed by atoms with Crippen molar-refractivity contribution in [2.45, 2.75) is 13.5 Å². The number of thiocarbonyl (C=S) groups is 1. The van der Waals surface area contributed by atoms with Crippen LogP contribution in [0.2, 0.25) is 0 Å². The molecule has 21 heavy (non-hydrogen) atoms. The third-order valence-corrected chi connectivity index (χ3v) is 3.35. The summed E-state index contributed by atoms with van der Waals surface area (Å²) in [6, 6.07) is 9.34. The van der Waals surface area contributed by atoms with E-state index in [1.807, 2.05) is 6.92 Å². The molecule has 1 aromatic heterocycles. The minimum atomic E-state index is -0.466. The smallest absolute Gasteiger partial charge is 0.269 e. The van der Waals surface area contributed by atoms with Crippen molar-refractivity contribution in [2.24, 2.45) is 5.73 Å². The number of pyridine rings is 1. The molecule has 2 rings (SSSR count). The zero-order valence-corrected chi connectivity index (χ0v) is 12.1. The predicted octanol–water partition coefficient (Wildman–Crippen LogP) is 2.08. The van der Waals surface area contributed by atoms with Crippen LogP contribution in [-0.2, 0) is 6.54 Å². The first-order chi connectivity index (χ1) is 9.95. The quantitative estimate of drug-likeness (QED) is 0.530. The Morgan fingerprint density at radius 1 is 1.29 bits per heavy atom. The predicted molar refractivity (Wildman–Crippen MR) is 84.4 cm³/mol. The average Bonchev–Trinajstić information content (AvgIpc) is 2.46. The van der Waals surface area contributed by atoms with E-state index in [2.05, 4.69) is 0 Å². The molecule has 0 bridgehead atoms. The van der Waals surface area contributed by atoms with Crippen LogP contribution >= 0.6 is 12.2 Å². The van der Waals surface area contributed by atoms with Gasteiger partial charge in [-0.15, -0.1) is 0 Å². The van der Waals surface area contributed by atoms with Gasteiger partial charge in [0.2, 0.25) is 0 Å². The fourth-order valence-electron chi connectivity index (χ4n) is 2.09. The van der Waals surface area contributed by atoms with E-state index < -0.39 is 4.92 Å². The summed E-state index contributed by atoms with van der Waals surface area (Å²) in [4.78, 5) is 22.6. The molecule has 108 valence electrons. The van der Waals surface area contributed by atoms with Crippen LogP contribution in [0.15, 0.2) is 41.2 Å². The molecule has 0 saturated carbocycles. The number of nitro benzene ring substituents is 1. The van der Waals surface area contributed by atoms with E-state index in [1.165, 1.54) is 16.7 Å². The number of nitrogens with two attached hydrogens (primary N) is 1. The van der Waals surface area contributed by atoms with Gasteiger partial charge in [0.1, 0.15) is 4.99 Å². The highest BCUT2D eigenvalue weighted by Gasteiger charge is 2.12. The van der Waals surface area contributed by atoms with E-state index in [-0.39, 0.29) is 21.8 Å². The van der Waals surface area contributed by atoms with Gasteiger partial charge in [0.25, 0.3) is 11.2 Å². The Hall–Kier alpha value is -2.54. The van der Waals surface area contributed by atoms with E-state index in [4.69, 9.17) is 18.0 Å². The van der Waals surface area contributed by atoms with Gasteiger partial charge in [-0.2, -0.15) is 0 Å². The van der Waals surface area contributed by atoms with Crippen molar-refractivity contribution in [3.8, 4) is 11.3 Å². The second-order valence-electron chi connectivity index (χ2n) is 4.35. The van der Waals surface area contributed by atoms with Crippen LogP contribution in [0.5, 0.6) is 0 Å². The van der Waals surface area contributed by atoms with Crippen LogP contribution in [0.3, 0.4) is 0 Å². The molecule has 0 radical (unpaired) electrons. The highest BCUT2D eigenvalue weighted by molar-refractivity contribution is 7.80. The van der Waals surface area contributed by atoms with Crippen molar-refractivity contribution < 1.29 is 4.92 Å². The summed E-state index contributed by atoms with van der Waals surface area (Å²) in [7, 11) is 0. The minimum absolute atomic E-state index is 0.00361. The van der Waals surface area contributed by atoms with Gasteiger partial charge in [0.15, 0.2) is 0 Å². The van der Waals surface area contributed by atoms with Crippen molar-refractivity contribution in [3.63, 3.8) is 0 Å². The van der Waals surface area contributed by atoms with Gasteiger partial charge < -0.3 is 10.3 Å². The molecule has 0 fully saturated rings. The first-order valence-corrected chi connectivity index (χ1v) is 6.65. The molecule has 0 aliphatic heterocycles. The Balaban J connectivity index is 2.59. The van der Waals surface area contributed by atoms with Crippen molar-refractivity contribution >= 4 is 22.9 Å². The van der Waals surface area contributed by atoms with E-state index in [0.29, 0.717) is 17.8 Å². The van der Waals surface area contributed by atoms with E-state index in [9.17, 15) is 14.9 Å². The Labute approximate surface area is 126 Å². The van der Waals surface area contributed by atoms with Gasteiger partial charge in [0, 0.05) is 18.7 Å². The Morgan fingerprint density at radius 3 is 2.38 bits per heavy atom. The molecule has 0 atom stereocenters. The van der Waals surface area contributed by atoms with E-state index in [0.717, 1.165) is 0 Å². The highest BCUT2D eigenvalue weighted by Crippen LogP contribution is 2.21. The molecule has 1 heterocycles. The maximum atomic E-state index is 12.3. The van der Waals surface area contributed by atoms with Gasteiger partial charge in [-0.1, -0.05) is 12.2 Å². The summed E-state index contributed by atoms with van der Waals surface area (Å²) in [5, 5.41) is 10.7. The molecule has 7 heteroatoms. The highest BCUT2D eigenvalue weighted by atomic mass is 32.1. The zero-order chi connectivity index (χ0) is 15.6. The third kappa shape index (κ3) is 2.82. The minimum Gasteiger partial charge on any atom is -0.389 e. The molecule has 2 N–H and O–H groups in total. The summed E-state index contributed by atoms with van der Waals surface area (Å²) in [6.07, 6.45) is 0. The molecular formula is C14H13N3O3S. The SMILES string of the molecule is CCn1c(-c2ccc([N+](=O)[O-])cc2)ccc(C(N)=S)c1=O. The molecule has 0 aliphatic carbocycles. The maximum absolute atomic E-state index is 12.3. The van der Waals surface area contributed by atoms with Gasteiger partial charge in [-0.25, -0.2) is 0 Å². The van der Waals surface area contributed by atoms with E-state index in [1.54, 1.807) is 24.3 Å². The normalized spacial score (nSPS) is 10.3. The molecule has 0 amide bonds. The topological polar surface area (TPSA) is 91.2 Å². The lowest BCUT2D eigenvalue weighted by Crippen LogP contribution is -2.29. The second-order valence-corrected chi connectivity index (χ2v) is 4.79. The van der Waals surface area contributed by atoms with Crippen LogP contribution in [0.1, 0.15) is 12.5 Å². The number of hydrogen-bond donors (Lipinski definition) is 1. The van der Waals surface area contributed by atoms with Gasteiger partial charge in [-0.05, 0) is 36.8 Å². The lowest BCUT2D eigenvalue weighted by atomic mass is 10.1. The van der Waals surface area contributed by atoms with E-state index >= 15 is 0 Å². The lowest BCUT2D eigenvalue weighted by Gasteiger charge is -2.12. The van der Waals surface area contributed by atoms with Crippen LogP contribution in [0.4, 0.5) is 5.69 Å². The number of hydrogen-bond acceptors (Lipinski definition) is 4. The van der Waals surface area contributed by atoms with Crippen molar-refractivity contribution in [1.29, 1.82) is 0 Å². The summed E-state index contributed by atoms with van der Waals surface area (Å²) in [5.74, 6) is 0. The molecular weight excluding hydrogens is 290 g/mol. The fourth-order valence-corrected chi connectivity index (χ4v) is 2.24. The Kier molecular flexibility index (Phi) is 4.13. The number of nitrogens with zero attached hydrogens (tertiary/aromatic N) is 2. The third-order valence-electron chi connectivity index (χ3n) is 3.13. The molecule has 0 spiro atoms. The first-order valence-electron chi connectivity index (χ1n) is 6.24. The number of rotatable bonds is 4. The lowest BCUT2D eigenvalue weighted by molar-refractivity contribution is -0.384. The van der Waals surface area contributed by atoms with Gasteiger partial charge in [0.05, 0.1) is 16.2 Å². The first kappa shape index (κ1) is 14.9. The summed E-state index contributed by atoms with van der Waals surface area (Å²) in [5.41, 5.74) is 6.93. The maximum Gasteiger partial charge on any atom is 0.269 e. The molecule has 6 nitrogen and oxygen atoms in total. The number of non-ortho nitro benzene ring substituents is 1. The van der Waals surface area contributed by atoms with Gasteiger partial charge in [-0.3, -0.25) is 14.9 Å². The van der Waals surface area contributed by atoms with Crippen molar-refractivity contribution in [2.75, 3.05) is 0 Å². The van der Waals surface area contributed by atoms with Crippen LogP contribution in [-0.4, -0.2) is 14.5 Å². The van der Waals surface area contributed by atoms with Crippen molar-refractivity contribution in [1.82, 2.24) is 4.57 Å². The fraction of sp³-hybridized carbons (Fsp3) is 0.143. The second kappa shape index (κ2) is 5.84. The molecule has 0 aliphatic rings. The number of benzene rings is 1. The summed E-state index contributed by atoms with van der Waals surface area (Å²) < 4.78 is 1.54. The molecule has 0 unspecified atom stereocenters. The van der Waals surface area contributed by atoms with Crippen LogP contribution < -0.4 is 11.3 Å². The summed E-state index contributed by atoms with van der Waals surface area (Å²) >= 11 is 4.85. The molecule has 2 aromatic rings. The monoisotopic (exact) mass is 303 g/mol. The Morgan fingerprint density at radius 2 is 1.90 bits per heavy atom.